The topological polar surface area (TPSA) is 76.9 Å². The van der Waals surface area contributed by atoms with Gasteiger partial charge < -0.3 is 5.32 Å². The van der Waals surface area contributed by atoms with Crippen molar-refractivity contribution >= 4 is 17.4 Å². The maximum Gasteiger partial charge on any atom is 0.231 e. The van der Waals surface area contributed by atoms with E-state index in [9.17, 15) is 9.59 Å². The molecule has 0 atom stereocenters. The molecule has 6 heteroatoms. The molecule has 0 aliphatic heterocycles. The first-order chi connectivity index (χ1) is 9.04. The Morgan fingerprint density at radius 3 is 2.79 bits per heavy atom. The summed E-state index contributed by atoms with van der Waals surface area (Å²) in [6.07, 6.45) is 1.67. The van der Waals surface area contributed by atoms with Crippen LogP contribution in [0.1, 0.15) is 13.3 Å². The molecule has 0 aliphatic rings. The second kappa shape index (κ2) is 5.43. The van der Waals surface area contributed by atoms with Crippen LogP contribution in [0.25, 0.3) is 11.3 Å². The minimum atomic E-state index is -0.316. The van der Waals surface area contributed by atoms with Gasteiger partial charge in [0.1, 0.15) is 11.5 Å². The lowest BCUT2D eigenvalue weighted by Gasteiger charge is -2.05. The van der Waals surface area contributed by atoms with Gasteiger partial charge in [-0.15, -0.1) is 5.10 Å². The smallest absolute Gasteiger partial charge is 0.231 e. The number of anilines is 1. The molecule has 1 amide bonds. The molecule has 1 N–H and O–H groups in total. The predicted octanol–water partition coefficient (Wildman–Crippen LogP) is 1.40. The summed E-state index contributed by atoms with van der Waals surface area (Å²) < 4.78 is 1.61. The fraction of sp³-hybridized carbons (Fsp3) is 0.231. The van der Waals surface area contributed by atoms with Crippen LogP contribution in [-0.2, 0) is 16.6 Å². The van der Waals surface area contributed by atoms with E-state index >= 15 is 0 Å². The summed E-state index contributed by atoms with van der Waals surface area (Å²) in [4.78, 5) is 22.4. The number of aryl methyl sites for hydroxylation is 1. The third-order valence-corrected chi connectivity index (χ3v) is 2.45. The lowest BCUT2D eigenvalue weighted by atomic mass is 10.1. The molecule has 0 saturated heterocycles. The van der Waals surface area contributed by atoms with Gasteiger partial charge in [0.25, 0.3) is 0 Å². The standard InChI is InChI=1S/C13H14N4O2/c1-9(18)6-13(19)14-11-5-3-4-10(7-11)12-8-17(2)16-15-12/h3-5,7-8H,6H2,1-2H3,(H,14,19). The molecular weight excluding hydrogens is 244 g/mol. The van der Waals surface area contributed by atoms with Crippen LogP contribution in [0.15, 0.2) is 30.5 Å². The number of rotatable bonds is 4. The van der Waals surface area contributed by atoms with E-state index in [0.29, 0.717) is 5.69 Å². The van der Waals surface area contributed by atoms with Gasteiger partial charge in [0.2, 0.25) is 5.91 Å². The first-order valence-corrected chi connectivity index (χ1v) is 5.80. The number of ketones is 1. The number of Topliss-reactive ketones (excluding diaryl/α,β-unsaturated/α-hetero) is 1. The zero-order valence-electron chi connectivity index (χ0n) is 10.8. The number of aromatic nitrogens is 3. The minimum Gasteiger partial charge on any atom is -0.326 e. The Bertz CT molecular complexity index is 619. The number of nitrogens with zero attached hydrogens (tertiary/aromatic N) is 3. The first-order valence-electron chi connectivity index (χ1n) is 5.80. The lowest BCUT2D eigenvalue weighted by molar-refractivity contribution is -0.124. The van der Waals surface area contributed by atoms with E-state index in [1.165, 1.54) is 6.92 Å². The molecule has 0 aliphatic carbocycles. The van der Waals surface area contributed by atoms with Crippen LogP contribution in [0.3, 0.4) is 0 Å². The third kappa shape index (κ3) is 3.48. The highest BCUT2D eigenvalue weighted by Crippen LogP contribution is 2.20. The summed E-state index contributed by atoms with van der Waals surface area (Å²) in [7, 11) is 1.79. The Morgan fingerprint density at radius 2 is 2.16 bits per heavy atom. The van der Waals surface area contributed by atoms with E-state index in [-0.39, 0.29) is 18.1 Å². The Balaban J connectivity index is 2.15. The summed E-state index contributed by atoms with van der Waals surface area (Å²) in [5.41, 5.74) is 2.22. The number of hydrogen-bond acceptors (Lipinski definition) is 4. The van der Waals surface area contributed by atoms with Gasteiger partial charge in [-0.1, -0.05) is 17.3 Å². The summed E-state index contributed by atoms with van der Waals surface area (Å²) in [5.74, 6) is -0.480. The maximum atomic E-state index is 11.5. The first kappa shape index (κ1) is 12.9. The van der Waals surface area contributed by atoms with Crippen molar-refractivity contribution in [2.75, 3.05) is 5.32 Å². The van der Waals surface area contributed by atoms with E-state index in [2.05, 4.69) is 15.6 Å². The average Bonchev–Trinajstić information content (AvgIpc) is 2.75. The van der Waals surface area contributed by atoms with Gasteiger partial charge in [-0.3, -0.25) is 14.3 Å². The largest absolute Gasteiger partial charge is 0.326 e. The van der Waals surface area contributed by atoms with Gasteiger partial charge >= 0.3 is 0 Å². The van der Waals surface area contributed by atoms with Crippen molar-refractivity contribution in [2.45, 2.75) is 13.3 Å². The second-order valence-corrected chi connectivity index (χ2v) is 4.29. The summed E-state index contributed by atoms with van der Waals surface area (Å²) in [5, 5.41) is 10.5. The molecule has 98 valence electrons. The molecule has 19 heavy (non-hydrogen) atoms. The van der Waals surface area contributed by atoms with Gasteiger partial charge in [-0.25, -0.2) is 0 Å². The summed E-state index contributed by atoms with van der Waals surface area (Å²) in [6.45, 7) is 1.38. The zero-order chi connectivity index (χ0) is 13.8. The number of benzene rings is 1. The Labute approximate surface area is 110 Å². The van der Waals surface area contributed by atoms with Crippen molar-refractivity contribution in [3.8, 4) is 11.3 Å². The summed E-state index contributed by atoms with van der Waals surface area (Å²) in [6, 6.07) is 7.25. The van der Waals surface area contributed by atoms with Crippen LogP contribution in [0, 0.1) is 0 Å². The number of amides is 1. The van der Waals surface area contributed by atoms with E-state index in [1.54, 1.807) is 30.1 Å². The highest BCUT2D eigenvalue weighted by Gasteiger charge is 2.07. The maximum absolute atomic E-state index is 11.5. The Morgan fingerprint density at radius 1 is 1.37 bits per heavy atom. The molecule has 0 spiro atoms. The van der Waals surface area contributed by atoms with Crippen LogP contribution < -0.4 is 5.32 Å². The monoisotopic (exact) mass is 258 g/mol. The fourth-order valence-electron chi connectivity index (χ4n) is 1.67. The van der Waals surface area contributed by atoms with Gasteiger partial charge in [0.05, 0.1) is 12.6 Å². The molecule has 2 rings (SSSR count). The molecule has 1 aromatic heterocycles. The van der Waals surface area contributed by atoms with Gasteiger partial charge in [-0.2, -0.15) is 0 Å². The molecule has 0 fully saturated rings. The third-order valence-electron chi connectivity index (χ3n) is 2.45. The normalized spacial score (nSPS) is 10.2. The highest BCUT2D eigenvalue weighted by atomic mass is 16.2. The molecule has 0 saturated carbocycles. The second-order valence-electron chi connectivity index (χ2n) is 4.29. The zero-order valence-corrected chi connectivity index (χ0v) is 10.8. The number of carbonyl (C=O) groups excluding carboxylic acids is 2. The van der Waals surface area contributed by atoms with Crippen molar-refractivity contribution in [1.82, 2.24) is 15.0 Å². The number of carbonyl (C=O) groups is 2. The van der Waals surface area contributed by atoms with Gasteiger partial charge in [-0.05, 0) is 19.1 Å². The predicted molar refractivity (Wildman–Crippen MR) is 70.4 cm³/mol. The van der Waals surface area contributed by atoms with E-state index < -0.39 is 0 Å². The van der Waals surface area contributed by atoms with Crippen molar-refractivity contribution in [3.05, 3.63) is 30.5 Å². The van der Waals surface area contributed by atoms with Crippen LogP contribution >= 0.6 is 0 Å². The molecule has 1 heterocycles. The van der Waals surface area contributed by atoms with Crippen molar-refractivity contribution in [3.63, 3.8) is 0 Å². The van der Waals surface area contributed by atoms with Crippen LogP contribution in [-0.4, -0.2) is 26.7 Å². The molecule has 6 nitrogen and oxygen atoms in total. The molecular formula is C13H14N4O2. The van der Waals surface area contributed by atoms with Crippen molar-refractivity contribution in [2.24, 2.45) is 7.05 Å². The van der Waals surface area contributed by atoms with Crippen LogP contribution in [0.4, 0.5) is 5.69 Å². The molecule has 1 aromatic carbocycles. The number of hydrogen-bond donors (Lipinski definition) is 1. The van der Waals surface area contributed by atoms with Crippen LogP contribution in [0.2, 0.25) is 0 Å². The number of nitrogens with one attached hydrogen (secondary N) is 1. The van der Waals surface area contributed by atoms with Crippen molar-refractivity contribution < 1.29 is 9.59 Å². The van der Waals surface area contributed by atoms with E-state index in [1.807, 2.05) is 12.1 Å². The summed E-state index contributed by atoms with van der Waals surface area (Å²) >= 11 is 0. The highest BCUT2D eigenvalue weighted by molar-refractivity contribution is 6.03. The lowest BCUT2D eigenvalue weighted by Crippen LogP contribution is -2.14. The SMILES string of the molecule is CC(=O)CC(=O)Nc1cccc(-c2cn(C)nn2)c1. The van der Waals surface area contributed by atoms with Gasteiger partial charge in [0.15, 0.2) is 0 Å². The van der Waals surface area contributed by atoms with Gasteiger partial charge in [0, 0.05) is 18.3 Å². The van der Waals surface area contributed by atoms with Crippen LogP contribution in [0.5, 0.6) is 0 Å². The molecule has 0 unspecified atom stereocenters. The molecule has 0 radical (unpaired) electrons. The quantitative estimate of drug-likeness (QED) is 0.841. The molecule has 2 aromatic rings. The average molecular weight is 258 g/mol. The van der Waals surface area contributed by atoms with E-state index in [0.717, 1.165) is 11.3 Å². The Hall–Kier alpha value is -2.50. The van der Waals surface area contributed by atoms with Crippen molar-refractivity contribution in [1.29, 1.82) is 0 Å². The molecule has 0 bridgehead atoms. The fourth-order valence-corrected chi connectivity index (χ4v) is 1.67. The van der Waals surface area contributed by atoms with E-state index in [4.69, 9.17) is 0 Å². The minimum absolute atomic E-state index is 0.116. The Kier molecular flexibility index (Phi) is 3.70.